The maximum atomic E-state index is 13.0. The van der Waals surface area contributed by atoms with Gasteiger partial charge in [0, 0.05) is 45.8 Å². The molecule has 1 fully saturated rings. The molecule has 31 heavy (non-hydrogen) atoms. The fourth-order valence-corrected chi connectivity index (χ4v) is 3.83. The Balaban J connectivity index is 0.00000289. The zero-order valence-electron chi connectivity index (χ0n) is 17.9. The van der Waals surface area contributed by atoms with Crippen molar-refractivity contribution in [2.24, 2.45) is 7.05 Å². The van der Waals surface area contributed by atoms with E-state index < -0.39 is 0 Å². The number of nitrogens with zero attached hydrogens (tertiary/aromatic N) is 5. The van der Waals surface area contributed by atoms with E-state index in [0.29, 0.717) is 24.6 Å². The molecule has 0 atom stereocenters. The van der Waals surface area contributed by atoms with Crippen LogP contribution in [0.25, 0.3) is 16.9 Å². The standard InChI is InChI=1S/C22H28N6O3.H2/c1-27-14-16(13-24-27)20-11-18(28-8-7-23-15-28)12-21(26-20)22(29)25-17-3-5-19(6-4-17)31-10-9-30-2;/h7-8,11-15,17,19H,3-6,9-10H2,1-2H3,(H,25,29);1H. The van der Waals surface area contributed by atoms with Crippen LogP contribution in [0.1, 0.15) is 37.6 Å². The van der Waals surface area contributed by atoms with E-state index in [0.717, 1.165) is 36.9 Å². The first-order valence-electron chi connectivity index (χ1n) is 10.5. The fourth-order valence-electron chi connectivity index (χ4n) is 3.83. The predicted molar refractivity (Wildman–Crippen MR) is 117 cm³/mol. The zero-order valence-corrected chi connectivity index (χ0v) is 17.9. The van der Waals surface area contributed by atoms with Gasteiger partial charge < -0.3 is 19.4 Å². The van der Waals surface area contributed by atoms with Gasteiger partial charge in [0.1, 0.15) is 5.69 Å². The number of nitrogens with one attached hydrogen (secondary N) is 1. The first kappa shape index (κ1) is 21.2. The predicted octanol–water partition coefficient (Wildman–Crippen LogP) is 2.62. The largest absolute Gasteiger partial charge is 0.382 e. The van der Waals surface area contributed by atoms with Crippen molar-refractivity contribution in [3.8, 4) is 16.9 Å². The lowest BCUT2D eigenvalue weighted by atomic mass is 9.93. The van der Waals surface area contributed by atoms with Crippen LogP contribution in [-0.2, 0) is 16.5 Å². The van der Waals surface area contributed by atoms with Gasteiger partial charge in [0.15, 0.2) is 0 Å². The molecule has 1 aliphatic carbocycles. The number of imidazole rings is 1. The Morgan fingerprint density at radius 1 is 1.26 bits per heavy atom. The molecule has 0 aromatic carbocycles. The normalized spacial score (nSPS) is 18.8. The number of aryl methyl sites for hydroxylation is 1. The maximum absolute atomic E-state index is 13.0. The van der Waals surface area contributed by atoms with Gasteiger partial charge in [-0.05, 0) is 37.8 Å². The number of hydrogen-bond donors (Lipinski definition) is 1. The van der Waals surface area contributed by atoms with Gasteiger partial charge in [0.05, 0.1) is 43.2 Å². The minimum Gasteiger partial charge on any atom is -0.382 e. The molecule has 3 aromatic rings. The summed E-state index contributed by atoms with van der Waals surface area (Å²) < 4.78 is 14.4. The zero-order chi connectivity index (χ0) is 21.6. The van der Waals surface area contributed by atoms with Crippen LogP contribution in [0.3, 0.4) is 0 Å². The van der Waals surface area contributed by atoms with Crippen LogP contribution in [-0.4, -0.2) is 62.7 Å². The number of carbonyl (C=O) groups is 1. The number of ether oxygens (including phenoxy) is 2. The van der Waals surface area contributed by atoms with Gasteiger partial charge in [-0.1, -0.05) is 0 Å². The minimum absolute atomic E-state index is 0. The van der Waals surface area contributed by atoms with Crippen molar-refractivity contribution in [1.82, 2.24) is 29.6 Å². The van der Waals surface area contributed by atoms with Crippen molar-refractivity contribution in [3.63, 3.8) is 0 Å². The molecule has 4 rings (SSSR count). The van der Waals surface area contributed by atoms with Crippen LogP contribution in [0.5, 0.6) is 0 Å². The summed E-state index contributed by atoms with van der Waals surface area (Å²) in [6.07, 6.45) is 12.7. The number of rotatable bonds is 8. The number of aromatic nitrogens is 5. The first-order valence-corrected chi connectivity index (χ1v) is 10.5. The molecule has 1 N–H and O–H groups in total. The molecule has 166 valence electrons. The van der Waals surface area contributed by atoms with Crippen LogP contribution < -0.4 is 5.32 Å². The minimum atomic E-state index is -0.171. The number of methoxy groups -OCH3 is 1. The molecule has 9 heteroatoms. The maximum Gasteiger partial charge on any atom is 0.270 e. The summed E-state index contributed by atoms with van der Waals surface area (Å²) in [5, 5.41) is 7.38. The highest BCUT2D eigenvalue weighted by molar-refractivity contribution is 5.93. The third-order valence-corrected chi connectivity index (χ3v) is 5.50. The number of pyridine rings is 1. The highest BCUT2D eigenvalue weighted by Gasteiger charge is 2.24. The Kier molecular flexibility index (Phi) is 6.73. The summed E-state index contributed by atoms with van der Waals surface area (Å²) >= 11 is 0. The molecule has 1 amide bonds. The van der Waals surface area contributed by atoms with Crippen molar-refractivity contribution in [2.75, 3.05) is 20.3 Å². The van der Waals surface area contributed by atoms with Crippen LogP contribution in [0, 0.1) is 0 Å². The van der Waals surface area contributed by atoms with E-state index >= 15 is 0 Å². The molecule has 1 saturated carbocycles. The molecule has 3 aromatic heterocycles. The van der Waals surface area contributed by atoms with Gasteiger partial charge in [-0.15, -0.1) is 0 Å². The Morgan fingerprint density at radius 2 is 2.10 bits per heavy atom. The number of hydrogen-bond acceptors (Lipinski definition) is 6. The third kappa shape index (κ3) is 5.36. The lowest BCUT2D eigenvalue weighted by molar-refractivity contribution is -0.00409. The fraction of sp³-hybridized carbons (Fsp3) is 0.455. The van der Waals surface area contributed by atoms with Gasteiger partial charge in [0.25, 0.3) is 5.91 Å². The summed E-state index contributed by atoms with van der Waals surface area (Å²) in [5.41, 5.74) is 2.75. The molecular weight excluding hydrogens is 396 g/mol. The lowest BCUT2D eigenvalue weighted by Crippen LogP contribution is -2.39. The van der Waals surface area contributed by atoms with Crippen LogP contribution in [0.15, 0.2) is 43.2 Å². The molecule has 0 unspecified atom stereocenters. The quantitative estimate of drug-likeness (QED) is 0.556. The van der Waals surface area contributed by atoms with E-state index in [-0.39, 0.29) is 19.5 Å². The van der Waals surface area contributed by atoms with E-state index in [4.69, 9.17) is 9.47 Å². The second-order valence-corrected chi connectivity index (χ2v) is 7.78. The molecular formula is C22H30N6O3. The van der Waals surface area contributed by atoms with Crippen molar-refractivity contribution in [1.29, 1.82) is 0 Å². The highest BCUT2D eigenvalue weighted by atomic mass is 16.5. The third-order valence-electron chi connectivity index (χ3n) is 5.50. The Labute approximate surface area is 182 Å². The SMILES string of the molecule is COCCOC1CCC(NC(=O)c2cc(-n3ccnc3)cc(-c3cnn(C)c3)n2)CC1.[HH]. The molecule has 3 heterocycles. The van der Waals surface area contributed by atoms with Crippen molar-refractivity contribution >= 4 is 5.91 Å². The Bertz CT molecular complexity index is 999. The summed E-state index contributed by atoms with van der Waals surface area (Å²) in [5.74, 6) is -0.171. The molecule has 1 aliphatic rings. The number of amides is 1. The van der Waals surface area contributed by atoms with Crippen molar-refractivity contribution < 1.29 is 15.7 Å². The van der Waals surface area contributed by atoms with Gasteiger partial charge in [0.2, 0.25) is 0 Å². The lowest BCUT2D eigenvalue weighted by Gasteiger charge is -2.29. The summed E-state index contributed by atoms with van der Waals surface area (Å²) in [6.45, 7) is 1.22. The Hall–Kier alpha value is -3.04. The molecule has 9 nitrogen and oxygen atoms in total. The first-order chi connectivity index (χ1) is 15.1. The average Bonchev–Trinajstić information content (AvgIpc) is 3.47. The molecule has 0 spiro atoms. The van der Waals surface area contributed by atoms with Gasteiger partial charge >= 0.3 is 0 Å². The van der Waals surface area contributed by atoms with Crippen LogP contribution in [0.2, 0.25) is 0 Å². The molecule has 0 aliphatic heterocycles. The van der Waals surface area contributed by atoms with Crippen molar-refractivity contribution in [2.45, 2.75) is 37.8 Å². The van der Waals surface area contributed by atoms with Crippen LogP contribution in [0.4, 0.5) is 0 Å². The average molecular weight is 427 g/mol. The Morgan fingerprint density at radius 3 is 2.77 bits per heavy atom. The van der Waals surface area contributed by atoms with E-state index in [9.17, 15) is 4.79 Å². The second kappa shape index (κ2) is 9.84. The van der Waals surface area contributed by atoms with Crippen LogP contribution >= 0.6 is 0 Å². The van der Waals surface area contributed by atoms with E-state index in [1.807, 2.05) is 30.1 Å². The smallest absolute Gasteiger partial charge is 0.270 e. The number of carbonyl (C=O) groups excluding carboxylic acids is 1. The monoisotopic (exact) mass is 426 g/mol. The van der Waals surface area contributed by atoms with E-state index in [1.54, 1.807) is 36.6 Å². The van der Waals surface area contributed by atoms with Gasteiger partial charge in [-0.3, -0.25) is 9.48 Å². The van der Waals surface area contributed by atoms with E-state index in [1.165, 1.54) is 0 Å². The summed E-state index contributed by atoms with van der Waals surface area (Å²) in [6, 6.07) is 3.84. The molecule has 0 bridgehead atoms. The van der Waals surface area contributed by atoms with Crippen molar-refractivity contribution in [3.05, 3.63) is 48.9 Å². The highest BCUT2D eigenvalue weighted by Crippen LogP contribution is 2.23. The van der Waals surface area contributed by atoms with Gasteiger partial charge in [-0.25, -0.2) is 9.97 Å². The molecule has 0 saturated heterocycles. The second-order valence-electron chi connectivity index (χ2n) is 7.78. The molecule has 0 radical (unpaired) electrons. The summed E-state index contributed by atoms with van der Waals surface area (Å²) in [7, 11) is 3.53. The van der Waals surface area contributed by atoms with E-state index in [2.05, 4.69) is 20.4 Å². The topological polar surface area (TPSA) is 96.1 Å². The summed E-state index contributed by atoms with van der Waals surface area (Å²) in [4.78, 5) is 21.8. The van der Waals surface area contributed by atoms with Gasteiger partial charge in [-0.2, -0.15) is 5.10 Å².